The maximum Gasteiger partial charge on any atom is 0.155 e. The zero-order valence-electron chi connectivity index (χ0n) is 10.3. The van der Waals surface area contributed by atoms with Crippen LogP contribution >= 0.6 is 23.1 Å². The number of halogens is 1. The first-order valence-electron chi connectivity index (χ1n) is 5.81. The fourth-order valence-electron chi connectivity index (χ4n) is 1.84. The molecule has 0 saturated heterocycles. The molecule has 0 amide bonds. The number of nitrogens with one attached hydrogen (secondary N) is 1. The third-order valence-electron chi connectivity index (χ3n) is 2.72. The van der Waals surface area contributed by atoms with Crippen LogP contribution in [0.15, 0.2) is 51.7 Å². The minimum Gasteiger partial charge on any atom is -0.384 e. The van der Waals surface area contributed by atoms with Crippen molar-refractivity contribution >= 4 is 39.2 Å². The molecule has 0 fully saturated rings. The molecule has 0 bridgehead atoms. The summed E-state index contributed by atoms with van der Waals surface area (Å²) in [7, 11) is 0. The summed E-state index contributed by atoms with van der Waals surface area (Å²) in [6, 6.07) is 12.5. The molecule has 2 aromatic carbocycles. The van der Waals surface area contributed by atoms with Crippen LogP contribution in [0.1, 0.15) is 5.56 Å². The van der Waals surface area contributed by atoms with Gasteiger partial charge in [-0.05, 0) is 24.3 Å². The van der Waals surface area contributed by atoms with E-state index in [0.29, 0.717) is 4.90 Å². The third kappa shape index (κ3) is 2.39. The smallest absolute Gasteiger partial charge is 0.155 e. The second-order valence-electron chi connectivity index (χ2n) is 4.08. The van der Waals surface area contributed by atoms with Gasteiger partial charge < -0.3 is 5.73 Å². The number of aromatic nitrogens is 1. The molecule has 0 saturated carbocycles. The van der Waals surface area contributed by atoms with Crippen LogP contribution < -0.4 is 5.73 Å². The Morgan fingerprint density at radius 2 is 2.00 bits per heavy atom. The molecular weight excluding hydrogens is 293 g/mol. The summed E-state index contributed by atoms with van der Waals surface area (Å²) in [6.07, 6.45) is 0. The van der Waals surface area contributed by atoms with Crippen molar-refractivity contribution in [1.82, 2.24) is 4.98 Å². The number of nitrogens with zero attached hydrogens (tertiary/aromatic N) is 1. The molecule has 0 aliphatic heterocycles. The molecule has 0 radical (unpaired) electrons. The van der Waals surface area contributed by atoms with Crippen LogP contribution in [0, 0.1) is 11.2 Å². The van der Waals surface area contributed by atoms with Crippen molar-refractivity contribution in [3.63, 3.8) is 0 Å². The van der Waals surface area contributed by atoms with Crippen LogP contribution in [0.3, 0.4) is 0 Å². The maximum absolute atomic E-state index is 13.8. The molecule has 0 atom stereocenters. The molecule has 0 unspecified atom stereocenters. The Balaban J connectivity index is 2.02. The molecule has 0 aliphatic rings. The Kier molecular flexibility index (Phi) is 3.42. The number of amidine groups is 1. The molecule has 3 aromatic rings. The Morgan fingerprint density at radius 1 is 1.20 bits per heavy atom. The summed E-state index contributed by atoms with van der Waals surface area (Å²) >= 11 is 2.87. The summed E-state index contributed by atoms with van der Waals surface area (Å²) in [6.45, 7) is 0. The van der Waals surface area contributed by atoms with Crippen LogP contribution in [0.4, 0.5) is 4.39 Å². The lowest BCUT2D eigenvalue weighted by Crippen LogP contribution is -2.14. The molecule has 20 heavy (non-hydrogen) atoms. The van der Waals surface area contributed by atoms with Gasteiger partial charge in [0.15, 0.2) is 4.34 Å². The quantitative estimate of drug-likeness (QED) is 0.570. The van der Waals surface area contributed by atoms with Gasteiger partial charge in [-0.15, -0.1) is 11.3 Å². The van der Waals surface area contributed by atoms with Gasteiger partial charge in [0.05, 0.1) is 15.8 Å². The number of nitrogen functional groups attached to an aromatic ring is 1. The van der Waals surface area contributed by atoms with Crippen molar-refractivity contribution in [2.45, 2.75) is 9.24 Å². The number of para-hydroxylation sites is 1. The van der Waals surface area contributed by atoms with Gasteiger partial charge in [-0.1, -0.05) is 30.0 Å². The minimum atomic E-state index is -0.483. The van der Waals surface area contributed by atoms with Crippen molar-refractivity contribution in [1.29, 1.82) is 5.41 Å². The van der Waals surface area contributed by atoms with E-state index in [0.717, 1.165) is 14.6 Å². The highest BCUT2D eigenvalue weighted by Crippen LogP contribution is 2.36. The van der Waals surface area contributed by atoms with Crippen molar-refractivity contribution in [3.05, 3.63) is 53.8 Å². The Bertz CT molecular complexity index is 765. The van der Waals surface area contributed by atoms with Gasteiger partial charge in [-0.3, -0.25) is 5.41 Å². The predicted octanol–water partition coefficient (Wildman–Crippen LogP) is 3.87. The average molecular weight is 303 g/mol. The topological polar surface area (TPSA) is 62.8 Å². The Hall–Kier alpha value is -1.92. The van der Waals surface area contributed by atoms with E-state index in [1.165, 1.54) is 29.2 Å². The van der Waals surface area contributed by atoms with Crippen LogP contribution in [-0.2, 0) is 0 Å². The maximum atomic E-state index is 13.8. The number of fused-ring (bicyclic) bond motifs is 1. The van der Waals surface area contributed by atoms with Gasteiger partial charge in [-0.25, -0.2) is 9.37 Å². The summed E-state index contributed by atoms with van der Waals surface area (Å²) < 4.78 is 15.6. The molecule has 0 aliphatic carbocycles. The second-order valence-corrected chi connectivity index (χ2v) is 6.40. The van der Waals surface area contributed by atoms with Crippen molar-refractivity contribution < 1.29 is 4.39 Å². The van der Waals surface area contributed by atoms with Crippen LogP contribution in [-0.4, -0.2) is 10.8 Å². The van der Waals surface area contributed by atoms with E-state index in [2.05, 4.69) is 4.98 Å². The lowest BCUT2D eigenvalue weighted by molar-refractivity contribution is 0.621. The first kappa shape index (κ1) is 13.1. The number of hydrogen-bond acceptors (Lipinski definition) is 4. The molecule has 3 N–H and O–H groups in total. The number of benzene rings is 2. The minimum absolute atomic E-state index is 0.136. The van der Waals surface area contributed by atoms with Crippen molar-refractivity contribution in [2.24, 2.45) is 5.73 Å². The average Bonchev–Trinajstić information content (AvgIpc) is 2.80. The summed E-state index contributed by atoms with van der Waals surface area (Å²) in [5.41, 5.74) is 6.51. The first-order chi connectivity index (χ1) is 9.65. The second kappa shape index (κ2) is 5.22. The van der Waals surface area contributed by atoms with Crippen molar-refractivity contribution in [3.8, 4) is 0 Å². The number of hydrogen-bond donors (Lipinski definition) is 2. The molecular formula is C14H10FN3S2. The van der Waals surface area contributed by atoms with Crippen LogP contribution in [0.2, 0.25) is 0 Å². The first-order valence-corrected chi connectivity index (χ1v) is 7.45. The van der Waals surface area contributed by atoms with Gasteiger partial charge in [0.1, 0.15) is 11.7 Å². The molecule has 3 rings (SSSR count). The monoisotopic (exact) mass is 303 g/mol. The highest BCUT2D eigenvalue weighted by molar-refractivity contribution is 8.01. The molecule has 1 heterocycles. The highest BCUT2D eigenvalue weighted by atomic mass is 32.2. The summed E-state index contributed by atoms with van der Waals surface area (Å²) in [4.78, 5) is 5.09. The Morgan fingerprint density at radius 3 is 2.75 bits per heavy atom. The van der Waals surface area contributed by atoms with E-state index in [-0.39, 0.29) is 11.4 Å². The predicted molar refractivity (Wildman–Crippen MR) is 81.2 cm³/mol. The molecule has 6 heteroatoms. The molecule has 0 spiro atoms. The molecule has 1 aromatic heterocycles. The zero-order valence-corrected chi connectivity index (χ0v) is 11.9. The Labute approximate surface area is 123 Å². The van der Waals surface area contributed by atoms with Crippen LogP contribution in [0.25, 0.3) is 10.2 Å². The SMILES string of the molecule is N=C(N)c1c(F)cccc1Sc1nc2ccccc2s1. The number of thiazole rings is 1. The fraction of sp³-hybridized carbons (Fsp3) is 0. The highest BCUT2D eigenvalue weighted by Gasteiger charge is 2.14. The summed E-state index contributed by atoms with van der Waals surface area (Å²) in [5.74, 6) is -0.754. The van der Waals surface area contributed by atoms with E-state index >= 15 is 0 Å². The summed E-state index contributed by atoms with van der Waals surface area (Å²) in [5, 5.41) is 7.50. The van der Waals surface area contributed by atoms with Gasteiger partial charge in [0.2, 0.25) is 0 Å². The zero-order chi connectivity index (χ0) is 14.1. The lowest BCUT2D eigenvalue weighted by atomic mass is 10.2. The molecule has 3 nitrogen and oxygen atoms in total. The normalized spacial score (nSPS) is 10.8. The van der Waals surface area contributed by atoms with Crippen molar-refractivity contribution in [2.75, 3.05) is 0 Å². The third-order valence-corrected chi connectivity index (χ3v) is 4.87. The van der Waals surface area contributed by atoms with E-state index < -0.39 is 5.82 Å². The lowest BCUT2D eigenvalue weighted by Gasteiger charge is -2.06. The van der Waals surface area contributed by atoms with E-state index in [1.54, 1.807) is 12.1 Å². The van der Waals surface area contributed by atoms with E-state index in [9.17, 15) is 4.39 Å². The van der Waals surface area contributed by atoms with E-state index in [4.69, 9.17) is 11.1 Å². The van der Waals surface area contributed by atoms with Gasteiger partial charge in [0.25, 0.3) is 0 Å². The standard InChI is InChI=1S/C14H10FN3S2/c15-8-4-3-7-11(12(8)13(16)17)20-14-18-9-5-1-2-6-10(9)19-14/h1-7H,(H3,16,17). The van der Waals surface area contributed by atoms with E-state index in [1.807, 2.05) is 24.3 Å². The largest absolute Gasteiger partial charge is 0.384 e. The van der Waals surface area contributed by atoms with Crippen LogP contribution in [0.5, 0.6) is 0 Å². The number of rotatable bonds is 3. The fourth-order valence-corrected chi connectivity index (χ4v) is 4.03. The molecule has 100 valence electrons. The number of nitrogens with two attached hydrogens (primary N) is 1. The van der Waals surface area contributed by atoms with Gasteiger partial charge >= 0.3 is 0 Å². The van der Waals surface area contributed by atoms with Gasteiger partial charge in [0, 0.05) is 4.90 Å². The van der Waals surface area contributed by atoms with Gasteiger partial charge in [-0.2, -0.15) is 0 Å².